The number of ether oxygens (including phenoxy) is 1. The fourth-order valence-electron chi connectivity index (χ4n) is 2.97. The van der Waals surface area contributed by atoms with Gasteiger partial charge in [-0.1, -0.05) is 12.1 Å². The first-order chi connectivity index (χ1) is 11.7. The van der Waals surface area contributed by atoms with E-state index in [2.05, 4.69) is 22.1 Å². The van der Waals surface area contributed by atoms with Crippen LogP contribution in [0, 0.1) is 0 Å². The summed E-state index contributed by atoms with van der Waals surface area (Å²) in [6.45, 7) is 4.40. The number of hydrogen-bond donors (Lipinski definition) is 0. The van der Waals surface area contributed by atoms with E-state index in [9.17, 15) is 4.79 Å². The molecular weight excluding hydrogens is 304 g/mol. The number of carbonyl (C=O) groups is 1. The zero-order valence-electron chi connectivity index (χ0n) is 14.3. The lowest BCUT2D eigenvalue weighted by Crippen LogP contribution is -2.49. The number of rotatable bonds is 5. The number of benzene rings is 1. The molecule has 1 aromatic heterocycles. The molecule has 1 aliphatic rings. The van der Waals surface area contributed by atoms with Crippen molar-refractivity contribution >= 4 is 5.91 Å². The zero-order chi connectivity index (χ0) is 16.9. The molecule has 0 spiro atoms. The van der Waals surface area contributed by atoms with Crippen LogP contribution < -0.4 is 4.74 Å². The zero-order valence-corrected chi connectivity index (χ0v) is 14.3. The minimum atomic E-state index is 0.0814. The lowest BCUT2D eigenvalue weighted by molar-refractivity contribution is 0.0638. The van der Waals surface area contributed by atoms with E-state index >= 15 is 0 Å². The van der Waals surface area contributed by atoms with Gasteiger partial charge in [-0.05, 0) is 24.1 Å². The predicted octanol–water partition coefficient (Wildman–Crippen LogP) is 1.43. The number of methoxy groups -OCH3 is 1. The average Bonchev–Trinajstić information content (AvgIpc) is 3.06. The fourth-order valence-corrected chi connectivity index (χ4v) is 2.97. The minimum Gasteiger partial charge on any atom is -0.497 e. The van der Waals surface area contributed by atoms with Crippen molar-refractivity contribution in [1.29, 1.82) is 0 Å². The topological polar surface area (TPSA) is 50.6 Å². The van der Waals surface area contributed by atoms with Crippen molar-refractivity contribution in [3.63, 3.8) is 0 Å². The Bertz CT molecular complexity index is 673. The van der Waals surface area contributed by atoms with Crippen LogP contribution in [0.15, 0.2) is 36.7 Å². The molecule has 6 heteroatoms. The van der Waals surface area contributed by atoms with E-state index in [0.29, 0.717) is 5.56 Å². The summed E-state index contributed by atoms with van der Waals surface area (Å²) in [5.74, 6) is 0.971. The summed E-state index contributed by atoms with van der Waals surface area (Å²) in [7, 11) is 3.51. The molecule has 1 aromatic carbocycles. The van der Waals surface area contributed by atoms with Crippen LogP contribution in [0.3, 0.4) is 0 Å². The third-order valence-corrected chi connectivity index (χ3v) is 4.49. The first-order valence-corrected chi connectivity index (χ1v) is 8.29. The number of amides is 1. The van der Waals surface area contributed by atoms with E-state index in [1.165, 1.54) is 5.56 Å². The summed E-state index contributed by atoms with van der Waals surface area (Å²) in [5, 5.41) is 4.07. The highest BCUT2D eigenvalue weighted by atomic mass is 16.5. The molecule has 0 unspecified atom stereocenters. The number of aromatic nitrogens is 2. The molecule has 0 aliphatic carbocycles. The van der Waals surface area contributed by atoms with Crippen LogP contribution in [-0.4, -0.2) is 65.3 Å². The molecule has 128 valence electrons. The molecule has 1 fully saturated rings. The van der Waals surface area contributed by atoms with Crippen LogP contribution in [0.4, 0.5) is 0 Å². The van der Waals surface area contributed by atoms with Crippen LogP contribution in [0.1, 0.15) is 15.9 Å². The second-order valence-electron chi connectivity index (χ2n) is 6.13. The van der Waals surface area contributed by atoms with Crippen LogP contribution in [-0.2, 0) is 13.5 Å². The van der Waals surface area contributed by atoms with Gasteiger partial charge in [-0.25, -0.2) is 0 Å². The maximum atomic E-state index is 12.4. The van der Waals surface area contributed by atoms with Gasteiger partial charge in [0.1, 0.15) is 5.75 Å². The SMILES string of the molecule is COc1ccc(CCN2CCN(C(=O)c3cnn(C)c3)CC2)cc1. The van der Waals surface area contributed by atoms with Gasteiger partial charge < -0.3 is 9.64 Å². The second kappa shape index (κ2) is 7.49. The monoisotopic (exact) mass is 328 g/mol. The highest BCUT2D eigenvalue weighted by Gasteiger charge is 2.22. The van der Waals surface area contributed by atoms with Gasteiger partial charge >= 0.3 is 0 Å². The van der Waals surface area contributed by atoms with Gasteiger partial charge in [0.05, 0.1) is 18.9 Å². The van der Waals surface area contributed by atoms with Crippen molar-refractivity contribution in [3.05, 3.63) is 47.8 Å². The molecule has 2 heterocycles. The number of aryl methyl sites for hydroxylation is 1. The molecule has 6 nitrogen and oxygen atoms in total. The van der Waals surface area contributed by atoms with E-state index < -0.39 is 0 Å². The van der Waals surface area contributed by atoms with Crippen LogP contribution >= 0.6 is 0 Å². The molecule has 0 bridgehead atoms. The second-order valence-corrected chi connectivity index (χ2v) is 6.13. The summed E-state index contributed by atoms with van der Waals surface area (Å²) >= 11 is 0. The Morgan fingerprint density at radius 3 is 2.46 bits per heavy atom. The number of nitrogens with zero attached hydrogens (tertiary/aromatic N) is 4. The largest absolute Gasteiger partial charge is 0.497 e. The summed E-state index contributed by atoms with van der Waals surface area (Å²) < 4.78 is 6.85. The minimum absolute atomic E-state index is 0.0814. The third-order valence-electron chi connectivity index (χ3n) is 4.49. The van der Waals surface area contributed by atoms with Crippen molar-refractivity contribution in [3.8, 4) is 5.75 Å². The summed E-state index contributed by atoms with van der Waals surface area (Å²) in [4.78, 5) is 16.7. The smallest absolute Gasteiger partial charge is 0.257 e. The van der Waals surface area contributed by atoms with Crippen molar-refractivity contribution < 1.29 is 9.53 Å². The van der Waals surface area contributed by atoms with E-state index in [-0.39, 0.29) is 5.91 Å². The van der Waals surface area contributed by atoms with Gasteiger partial charge in [0, 0.05) is 46.0 Å². The van der Waals surface area contributed by atoms with Crippen molar-refractivity contribution in [2.24, 2.45) is 7.05 Å². The highest BCUT2D eigenvalue weighted by molar-refractivity contribution is 5.93. The van der Waals surface area contributed by atoms with Gasteiger partial charge in [0.15, 0.2) is 0 Å². The highest BCUT2D eigenvalue weighted by Crippen LogP contribution is 2.13. The molecule has 0 radical (unpaired) electrons. The average molecular weight is 328 g/mol. The first kappa shape index (κ1) is 16.5. The predicted molar refractivity (Wildman–Crippen MR) is 92.2 cm³/mol. The Hall–Kier alpha value is -2.34. The molecule has 0 saturated carbocycles. The Morgan fingerprint density at radius 1 is 1.17 bits per heavy atom. The third kappa shape index (κ3) is 3.94. The van der Waals surface area contributed by atoms with Crippen molar-refractivity contribution in [2.75, 3.05) is 39.8 Å². The van der Waals surface area contributed by atoms with E-state index in [1.807, 2.05) is 24.1 Å². The van der Waals surface area contributed by atoms with Gasteiger partial charge in [-0.3, -0.25) is 14.4 Å². The number of piperazine rings is 1. The summed E-state index contributed by atoms with van der Waals surface area (Å²) in [6.07, 6.45) is 4.43. The lowest BCUT2D eigenvalue weighted by atomic mass is 10.1. The summed E-state index contributed by atoms with van der Waals surface area (Å²) in [5.41, 5.74) is 1.98. The molecule has 3 rings (SSSR count). The molecule has 24 heavy (non-hydrogen) atoms. The van der Waals surface area contributed by atoms with Crippen molar-refractivity contribution in [2.45, 2.75) is 6.42 Å². The van der Waals surface area contributed by atoms with E-state index in [4.69, 9.17) is 4.74 Å². The van der Waals surface area contributed by atoms with Crippen molar-refractivity contribution in [1.82, 2.24) is 19.6 Å². The summed E-state index contributed by atoms with van der Waals surface area (Å²) in [6, 6.07) is 8.22. The van der Waals surface area contributed by atoms with Crippen LogP contribution in [0.25, 0.3) is 0 Å². The normalized spacial score (nSPS) is 15.5. The van der Waals surface area contributed by atoms with E-state index in [1.54, 1.807) is 24.2 Å². The number of hydrogen-bond acceptors (Lipinski definition) is 4. The Kier molecular flexibility index (Phi) is 5.15. The quantitative estimate of drug-likeness (QED) is 0.833. The molecule has 1 saturated heterocycles. The van der Waals surface area contributed by atoms with Gasteiger partial charge in [0.25, 0.3) is 5.91 Å². The molecule has 0 atom stereocenters. The Balaban J connectivity index is 1.45. The van der Waals surface area contributed by atoms with Gasteiger partial charge in [0.2, 0.25) is 0 Å². The molecular formula is C18H24N4O2. The molecule has 0 N–H and O–H groups in total. The van der Waals surface area contributed by atoms with Crippen LogP contribution in [0.2, 0.25) is 0 Å². The molecule has 2 aromatic rings. The van der Waals surface area contributed by atoms with E-state index in [0.717, 1.165) is 44.9 Å². The molecule has 1 aliphatic heterocycles. The van der Waals surface area contributed by atoms with Crippen LogP contribution in [0.5, 0.6) is 5.75 Å². The lowest BCUT2D eigenvalue weighted by Gasteiger charge is -2.34. The Labute approximate surface area is 142 Å². The molecule has 1 amide bonds. The van der Waals surface area contributed by atoms with Gasteiger partial charge in [-0.15, -0.1) is 0 Å². The fraction of sp³-hybridized carbons (Fsp3) is 0.444. The maximum Gasteiger partial charge on any atom is 0.257 e. The maximum absolute atomic E-state index is 12.4. The first-order valence-electron chi connectivity index (χ1n) is 8.29. The van der Waals surface area contributed by atoms with Gasteiger partial charge in [-0.2, -0.15) is 5.10 Å². The Morgan fingerprint density at radius 2 is 1.88 bits per heavy atom. The number of carbonyl (C=O) groups excluding carboxylic acids is 1. The standard InChI is InChI=1S/C18H24N4O2/c1-20-14-16(13-19-20)18(23)22-11-9-21(10-12-22)8-7-15-3-5-17(24-2)6-4-15/h3-6,13-14H,7-12H2,1-2H3.